The van der Waals surface area contributed by atoms with Crippen LogP contribution in [0.4, 0.5) is 4.39 Å². The molecule has 0 fully saturated rings. The van der Waals surface area contributed by atoms with Gasteiger partial charge in [0, 0.05) is 10.6 Å². The third kappa shape index (κ3) is 3.38. The number of ether oxygens (including phenoxy) is 1. The zero-order valence-electron chi connectivity index (χ0n) is 12.7. The van der Waals surface area contributed by atoms with E-state index in [9.17, 15) is 4.39 Å². The van der Waals surface area contributed by atoms with Crippen molar-refractivity contribution in [3.05, 3.63) is 77.6 Å². The summed E-state index contributed by atoms with van der Waals surface area (Å²) in [6.45, 7) is 2.53. The molecule has 0 saturated heterocycles. The van der Waals surface area contributed by atoms with Gasteiger partial charge in [0.2, 0.25) is 0 Å². The molecule has 3 rings (SSSR count). The second-order valence-electron chi connectivity index (χ2n) is 5.13. The van der Waals surface area contributed by atoms with Crippen molar-refractivity contribution in [2.24, 2.45) is 0 Å². The fraction of sp³-hybridized carbons (Fsp3) is 0.100. The lowest BCUT2D eigenvalue weighted by atomic mass is 9.93. The highest BCUT2D eigenvalue weighted by Crippen LogP contribution is 2.39. The number of benzene rings is 3. The Bertz CT molecular complexity index is 795. The Morgan fingerprint density at radius 2 is 1.52 bits per heavy atom. The van der Waals surface area contributed by atoms with Crippen LogP contribution >= 0.6 is 11.6 Å². The van der Waals surface area contributed by atoms with Crippen LogP contribution in [0.2, 0.25) is 5.02 Å². The van der Waals surface area contributed by atoms with Gasteiger partial charge in [0.25, 0.3) is 0 Å². The summed E-state index contributed by atoms with van der Waals surface area (Å²) in [6, 6.07) is 20.0. The molecule has 0 atom stereocenters. The van der Waals surface area contributed by atoms with Crippen molar-refractivity contribution in [2.45, 2.75) is 6.92 Å². The lowest BCUT2D eigenvalue weighted by Gasteiger charge is -2.16. The van der Waals surface area contributed by atoms with Crippen LogP contribution in [-0.4, -0.2) is 6.61 Å². The molecule has 0 N–H and O–H groups in total. The van der Waals surface area contributed by atoms with Gasteiger partial charge in [0.05, 0.1) is 6.61 Å². The van der Waals surface area contributed by atoms with Crippen molar-refractivity contribution in [2.75, 3.05) is 6.61 Å². The first-order valence-electron chi connectivity index (χ1n) is 7.46. The van der Waals surface area contributed by atoms with Crippen LogP contribution in [0.1, 0.15) is 6.92 Å². The monoisotopic (exact) mass is 326 g/mol. The van der Waals surface area contributed by atoms with Crippen molar-refractivity contribution in [3.63, 3.8) is 0 Å². The molecule has 0 aromatic heterocycles. The molecule has 0 heterocycles. The smallest absolute Gasteiger partial charge is 0.127 e. The minimum absolute atomic E-state index is 0.247. The zero-order valence-corrected chi connectivity index (χ0v) is 13.5. The van der Waals surface area contributed by atoms with E-state index in [1.807, 2.05) is 49.4 Å². The van der Waals surface area contributed by atoms with Crippen molar-refractivity contribution < 1.29 is 9.13 Å². The first kappa shape index (κ1) is 15.6. The Morgan fingerprint density at radius 1 is 0.870 bits per heavy atom. The predicted octanol–water partition coefficient (Wildman–Crippen LogP) is 6.21. The maximum atomic E-state index is 13.2. The van der Waals surface area contributed by atoms with Crippen LogP contribution in [-0.2, 0) is 0 Å². The van der Waals surface area contributed by atoms with Crippen LogP contribution in [0.5, 0.6) is 5.75 Å². The van der Waals surface area contributed by atoms with Crippen LogP contribution in [0.3, 0.4) is 0 Å². The van der Waals surface area contributed by atoms with Gasteiger partial charge in [-0.25, -0.2) is 4.39 Å². The highest BCUT2D eigenvalue weighted by atomic mass is 35.5. The SMILES string of the molecule is CCOc1cccc(-c2ccc(F)cc2)c1-c1ccc(Cl)cc1. The van der Waals surface area contributed by atoms with Gasteiger partial charge in [0.1, 0.15) is 11.6 Å². The van der Waals surface area contributed by atoms with E-state index in [2.05, 4.69) is 0 Å². The zero-order chi connectivity index (χ0) is 16.2. The molecule has 0 unspecified atom stereocenters. The number of hydrogen-bond donors (Lipinski definition) is 0. The summed E-state index contributed by atoms with van der Waals surface area (Å²) in [5.74, 6) is 0.555. The van der Waals surface area contributed by atoms with Crippen LogP contribution in [0.25, 0.3) is 22.3 Å². The van der Waals surface area contributed by atoms with E-state index in [1.165, 1.54) is 12.1 Å². The van der Waals surface area contributed by atoms with Crippen molar-refractivity contribution >= 4 is 11.6 Å². The Hall–Kier alpha value is -2.32. The predicted molar refractivity (Wildman–Crippen MR) is 93.5 cm³/mol. The number of hydrogen-bond acceptors (Lipinski definition) is 1. The topological polar surface area (TPSA) is 9.23 Å². The van der Waals surface area contributed by atoms with E-state index in [0.717, 1.165) is 28.0 Å². The van der Waals surface area contributed by atoms with E-state index < -0.39 is 0 Å². The molecule has 0 saturated carbocycles. The first-order chi connectivity index (χ1) is 11.2. The minimum Gasteiger partial charge on any atom is -0.493 e. The van der Waals surface area contributed by atoms with Gasteiger partial charge in [-0.2, -0.15) is 0 Å². The van der Waals surface area contributed by atoms with Crippen molar-refractivity contribution in [1.29, 1.82) is 0 Å². The summed E-state index contributed by atoms with van der Waals surface area (Å²) < 4.78 is 19.0. The molecule has 116 valence electrons. The number of rotatable bonds is 4. The summed E-state index contributed by atoms with van der Waals surface area (Å²) in [6.07, 6.45) is 0. The molecule has 3 aromatic rings. The van der Waals surface area contributed by atoms with Gasteiger partial charge in [-0.3, -0.25) is 0 Å². The lowest BCUT2D eigenvalue weighted by Crippen LogP contribution is -1.96. The fourth-order valence-electron chi connectivity index (χ4n) is 2.59. The Kier molecular flexibility index (Phi) is 4.63. The molecular formula is C20H16ClFO. The van der Waals surface area contributed by atoms with Crippen LogP contribution in [0.15, 0.2) is 66.7 Å². The summed E-state index contributed by atoms with van der Waals surface area (Å²) in [4.78, 5) is 0. The summed E-state index contributed by atoms with van der Waals surface area (Å²) in [7, 11) is 0. The van der Waals surface area contributed by atoms with E-state index in [-0.39, 0.29) is 5.82 Å². The first-order valence-corrected chi connectivity index (χ1v) is 7.84. The third-order valence-corrected chi connectivity index (χ3v) is 3.87. The molecule has 0 aliphatic heterocycles. The molecule has 0 bridgehead atoms. The van der Waals surface area contributed by atoms with E-state index >= 15 is 0 Å². The lowest BCUT2D eigenvalue weighted by molar-refractivity contribution is 0.342. The van der Waals surface area contributed by atoms with Gasteiger partial charge < -0.3 is 4.74 Å². The Labute approximate surface area is 140 Å². The molecule has 0 amide bonds. The van der Waals surface area contributed by atoms with Crippen LogP contribution in [0, 0.1) is 5.82 Å². The second-order valence-corrected chi connectivity index (χ2v) is 5.56. The van der Waals surface area contributed by atoms with Gasteiger partial charge in [-0.1, -0.05) is 48.0 Å². The van der Waals surface area contributed by atoms with Crippen molar-refractivity contribution in [1.82, 2.24) is 0 Å². The molecule has 0 radical (unpaired) electrons. The molecule has 1 nitrogen and oxygen atoms in total. The maximum Gasteiger partial charge on any atom is 0.127 e. The molecule has 0 spiro atoms. The Morgan fingerprint density at radius 3 is 2.17 bits per heavy atom. The molecule has 3 aromatic carbocycles. The third-order valence-electron chi connectivity index (χ3n) is 3.61. The largest absolute Gasteiger partial charge is 0.493 e. The standard InChI is InChI=1S/C20H16ClFO/c1-2-23-19-5-3-4-18(14-8-12-17(22)13-9-14)20(19)15-6-10-16(21)11-7-15/h3-13H,2H2,1H3. The number of halogens is 2. The molecule has 0 aliphatic carbocycles. The fourth-order valence-corrected chi connectivity index (χ4v) is 2.72. The maximum absolute atomic E-state index is 13.2. The van der Waals surface area contributed by atoms with Gasteiger partial charge in [-0.15, -0.1) is 0 Å². The summed E-state index contributed by atoms with van der Waals surface area (Å²) in [5, 5.41) is 0.686. The van der Waals surface area contributed by atoms with E-state index in [0.29, 0.717) is 11.6 Å². The van der Waals surface area contributed by atoms with Crippen molar-refractivity contribution in [3.8, 4) is 28.0 Å². The van der Waals surface area contributed by atoms with Gasteiger partial charge in [-0.05, 0) is 53.9 Å². The summed E-state index contributed by atoms with van der Waals surface area (Å²) >= 11 is 6.00. The molecular weight excluding hydrogens is 311 g/mol. The average Bonchev–Trinajstić information content (AvgIpc) is 2.57. The minimum atomic E-state index is -0.247. The summed E-state index contributed by atoms with van der Waals surface area (Å²) in [5.41, 5.74) is 3.94. The van der Waals surface area contributed by atoms with E-state index in [4.69, 9.17) is 16.3 Å². The highest BCUT2D eigenvalue weighted by molar-refractivity contribution is 6.30. The molecule has 23 heavy (non-hydrogen) atoms. The average molecular weight is 327 g/mol. The highest BCUT2D eigenvalue weighted by Gasteiger charge is 2.13. The Balaban J connectivity index is 2.21. The van der Waals surface area contributed by atoms with Gasteiger partial charge >= 0.3 is 0 Å². The second kappa shape index (κ2) is 6.84. The molecule has 0 aliphatic rings. The van der Waals surface area contributed by atoms with E-state index in [1.54, 1.807) is 12.1 Å². The van der Waals surface area contributed by atoms with Crippen LogP contribution < -0.4 is 4.74 Å². The van der Waals surface area contributed by atoms with Gasteiger partial charge in [0.15, 0.2) is 0 Å². The normalized spacial score (nSPS) is 10.6. The quantitative estimate of drug-likeness (QED) is 0.553. The molecule has 3 heteroatoms.